The van der Waals surface area contributed by atoms with Gasteiger partial charge < -0.3 is 9.80 Å². The minimum atomic E-state index is 0.0494. The zero-order chi connectivity index (χ0) is 55.7. The molecular formula is C72H106N2O2S4. The van der Waals surface area contributed by atoms with Crippen molar-refractivity contribution in [2.45, 2.75) is 285 Å². The fourth-order valence-electron chi connectivity index (χ4n) is 13.6. The summed E-state index contributed by atoms with van der Waals surface area (Å²) in [5, 5.41) is 6.95. The van der Waals surface area contributed by atoms with Crippen LogP contribution in [0.25, 0.3) is 50.1 Å². The molecule has 6 heterocycles. The summed E-state index contributed by atoms with van der Waals surface area (Å²) in [6.07, 6.45) is 52.5. The molecule has 4 nitrogen and oxygen atoms in total. The van der Waals surface area contributed by atoms with Crippen LogP contribution >= 0.6 is 45.3 Å². The van der Waals surface area contributed by atoms with E-state index in [0.29, 0.717) is 23.0 Å². The highest BCUT2D eigenvalue weighted by atomic mass is 32.1. The van der Waals surface area contributed by atoms with Crippen LogP contribution in [0.2, 0.25) is 0 Å². The Bertz CT molecular complexity index is 2620. The summed E-state index contributed by atoms with van der Waals surface area (Å²) in [5.74, 6) is 0.950. The van der Waals surface area contributed by atoms with E-state index >= 15 is 9.59 Å². The zero-order valence-corrected chi connectivity index (χ0v) is 54.1. The number of hydrogen-bond donors (Lipinski definition) is 0. The highest BCUT2D eigenvalue weighted by Crippen LogP contribution is 2.53. The Hall–Kier alpha value is -3.04. The van der Waals surface area contributed by atoms with Gasteiger partial charge in [-0.1, -0.05) is 259 Å². The van der Waals surface area contributed by atoms with Crippen LogP contribution in [0, 0.1) is 11.8 Å². The molecule has 0 aliphatic carbocycles. The summed E-state index contributed by atoms with van der Waals surface area (Å²) in [5.41, 5.74) is 5.33. The number of nitrogens with zero attached hydrogens (tertiary/aromatic N) is 2. The zero-order valence-electron chi connectivity index (χ0n) is 50.8. The van der Waals surface area contributed by atoms with Crippen molar-refractivity contribution in [1.29, 1.82) is 0 Å². The van der Waals surface area contributed by atoms with Crippen molar-refractivity contribution >= 4 is 119 Å². The molecule has 4 aromatic heterocycles. The first kappa shape index (κ1) is 63.0. The quantitative estimate of drug-likeness (QED) is 0.0283. The van der Waals surface area contributed by atoms with E-state index < -0.39 is 0 Å². The van der Waals surface area contributed by atoms with Gasteiger partial charge in [0.2, 0.25) is 0 Å². The SMILES string of the molecule is CCCCCCCCCCCCC(CCCCCCCCCC)CN1C(=O)/C(=C2\C(=O)N(CC(CCCCCCCCCC)CCCCCCCCCCCC)c3cc4c(cc32)sc2ccsc24)c2cc3sc4ccsc4c3cc21. The second-order valence-corrected chi connectivity index (χ2v) is 28.9. The maximum atomic E-state index is 16.0. The molecule has 2 aliphatic rings. The molecule has 2 aromatic carbocycles. The molecular weight excluding hydrogens is 1050 g/mol. The van der Waals surface area contributed by atoms with E-state index in [4.69, 9.17) is 0 Å². The molecule has 2 atom stereocenters. The molecule has 0 N–H and O–H groups in total. The summed E-state index contributed by atoms with van der Waals surface area (Å²) in [6, 6.07) is 13.9. The number of carbonyl (C=O) groups excluding carboxylic acids is 2. The molecule has 0 saturated heterocycles. The van der Waals surface area contributed by atoms with Gasteiger partial charge in [-0.05, 0) is 84.7 Å². The summed E-state index contributed by atoms with van der Waals surface area (Å²) in [4.78, 5) is 36.4. The molecule has 80 heavy (non-hydrogen) atoms. The molecule has 440 valence electrons. The van der Waals surface area contributed by atoms with Crippen LogP contribution in [0.5, 0.6) is 0 Å². The van der Waals surface area contributed by atoms with Crippen molar-refractivity contribution in [1.82, 2.24) is 0 Å². The van der Waals surface area contributed by atoms with Gasteiger partial charge >= 0.3 is 0 Å². The normalized spacial score (nSPS) is 15.3. The Labute approximate surface area is 502 Å². The Morgan fingerprint density at radius 1 is 0.350 bits per heavy atom. The minimum absolute atomic E-state index is 0.0494. The third kappa shape index (κ3) is 17.5. The van der Waals surface area contributed by atoms with Crippen molar-refractivity contribution in [2.75, 3.05) is 22.9 Å². The van der Waals surface area contributed by atoms with Crippen molar-refractivity contribution in [2.24, 2.45) is 11.8 Å². The number of benzene rings is 2. The largest absolute Gasteiger partial charge is 0.307 e. The molecule has 0 bridgehead atoms. The number of amides is 2. The molecule has 0 radical (unpaired) electrons. The topological polar surface area (TPSA) is 40.6 Å². The lowest BCUT2D eigenvalue weighted by Crippen LogP contribution is -2.34. The van der Waals surface area contributed by atoms with Gasteiger partial charge in [-0.3, -0.25) is 9.59 Å². The Kier molecular flexibility index (Phi) is 27.3. The second kappa shape index (κ2) is 34.7. The first-order chi connectivity index (χ1) is 39.4. The molecule has 0 saturated carbocycles. The summed E-state index contributed by atoms with van der Waals surface area (Å²) in [7, 11) is 0. The lowest BCUT2D eigenvalue weighted by atomic mass is 9.93. The fraction of sp³-hybridized carbons (Fsp3) is 0.667. The third-order valence-electron chi connectivity index (χ3n) is 18.4. The van der Waals surface area contributed by atoms with Crippen LogP contribution in [-0.2, 0) is 9.59 Å². The number of anilines is 2. The van der Waals surface area contributed by atoms with Crippen LogP contribution in [0.4, 0.5) is 11.4 Å². The van der Waals surface area contributed by atoms with Gasteiger partial charge in [-0.15, -0.1) is 45.3 Å². The van der Waals surface area contributed by atoms with E-state index in [1.54, 1.807) is 0 Å². The average Bonchev–Trinajstić information content (AvgIpc) is 4.49. The van der Waals surface area contributed by atoms with Gasteiger partial charge in [0, 0.05) is 53.8 Å². The Balaban J connectivity index is 1.08. The molecule has 8 heteroatoms. The van der Waals surface area contributed by atoms with Gasteiger partial charge in [0.05, 0.1) is 31.9 Å². The van der Waals surface area contributed by atoms with E-state index in [0.717, 1.165) is 61.3 Å². The standard InChI is InChI=1S/C72H106N2O2S4/c1-5-9-13-17-21-25-27-31-35-39-43-55(41-37-33-29-23-19-15-11-7-3)53-73-61-49-59-65(79-63-45-47-77-69(59)63)51-57(61)67(71(73)75)68-58-52-66-60(70-64(80-66)46-48-78-70)50-62(58)74(72(68)76)54-56(42-38-34-30-24-20-16-12-8-4)44-40-36-32-28-26-22-18-14-10-6-2/h45-52,55-56H,5-44,53-54H2,1-4H3/b68-67-. The van der Waals surface area contributed by atoms with Gasteiger partial charge in [-0.25, -0.2) is 0 Å². The smallest absolute Gasteiger partial charge is 0.259 e. The molecule has 8 rings (SSSR count). The van der Waals surface area contributed by atoms with Gasteiger partial charge in [0.1, 0.15) is 0 Å². The van der Waals surface area contributed by atoms with Gasteiger partial charge in [0.15, 0.2) is 0 Å². The maximum Gasteiger partial charge on any atom is 0.259 e. The monoisotopic (exact) mass is 1160 g/mol. The van der Waals surface area contributed by atoms with Crippen molar-refractivity contribution in [3.8, 4) is 0 Å². The molecule has 0 spiro atoms. The third-order valence-corrected chi connectivity index (χ3v) is 22.8. The predicted molar refractivity (Wildman–Crippen MR) is 360 cm³/mol. The Morgan fingerprint density at radius 2 is 0.625 bits per heavy atom. The maximum absolute atomic E-state index is 16.0. The summed E-state index contributed by atoms with van der Waals surface area (Å²) < 4.78 is 7.71. The summed E-state index contributed by atoms with van der Waals surface area (Å²) in [6.45, 7) is 10.7. The van der Waals surface area contributed by atoms with Crippen molar-refractivity contribution in [3.63, 3.8) is 0 Å². The van der Waals surface area contributed by atoms with Crippen molar-refractivity contribution in [3.05, 3.63) is 58.3 Å². The number of hydrogen-bond acceptors (Lipinski definition) is 6. The first-order valence-electron chi connectivity index (χ1n) is 33.7. The number of thiophene rings is 4. The lowest BCUT2D eigenvalue weighted by Gasteiger charge is -2.25. The number of carbonyl (C=O) groups is 2. The van der Waals surface area contributed by atoms with E-state index in [9.17, 15) is 0 Å². The van der Waals surface area contributed by atoms with E-state index in [1.165, 1.54) is 270 Å². The number of fused-ring (bicyclic) bond motifs is 8. The Morgan fingerprint density at radius 3 is 0.912 bits per heavy atom. The molecule has 2 amide bonds. The van der Waals surface area contributed by atoms with Crippen LogP contribution in [0.15, 0.2) is 47.2 Å². The van der Waals surface area contributed by atoms with Gasteiger partial charge in [-0.2, -0.15) is 0 Å². The van der Waals surface area contributed by atoms with Crippen LogP contribution in [0.3, 0.4) is 0 Å². The van der Waals surface area contributed by atoms with Crippen molar-refractivity contribution < 1.29 is 9.59 Å². The highest BCUT2D eigenvalue weighted by molar-refractivity contribution is 7.32. The fourth-order valence-corrected chi connectivity index (χ4v) is 18.1. The predicted octanol–water partition coefficient (Wildman–Crippen LogP) is 25.1. The van der Waals surface area contributed by atoms with Gasteiger partial charge in [0.25, 0.3) is 11.8 Å². The molecule has 0 fully saturated rings. The molecule has 6 aromatic rings. The molecule has 2 unspecified atom stereocenters. The lowest BCUT2D eigenvalue weighted by molar-refractivity contribution is -0.114. The average molecular weight is 1160 g/mol. The van der Waals surface area contributed by atoms with Crippen LogP contribution < -0.4 is 9.80 Å². The molecule has 2 aliphatic heterocycles. The highest BCUT2D eigenvalue weighted by Gasteiger charge is 2.44. The number of rotatable bonds is 44. The van der Waals surface area contributed by atoms with E-state index in [-0.39, 0.29) is 11.8 Å². The number of unbranched alkanes of at least 4 members (excludes halogenated alkanes) is 32. The van der Waals surface area contributed by atoms with E-state index in [2.05, 4.69) is 84.7 Å². The van der Waals surface area contributed by atoms with Crippen LogP contribution in [0.1, 0.15) is 296 Å². The minimum Gasteiger partial charge on any atom is -0.307 e. The second-order valence-electron chi connectivity index (χ2n) is 24.9. The van der Waals surface area contributed by atoms with Crippen LogP contribution in [-0.4, -0.2) is 24.9 Å². The first-order valence-corrected chi connectivity index (χ1v) is 37.1. The van der Waals surface area contributed by atoms with E-state index in [1.807, 2.05) is 45.3 Å². The summed E-state index contributed by atoms with van der Waals surface area (Å²) >= 11 is 7.32.